The molecule has 0 aliphatic rings. The molecule has 0 atom stereocenters. The van der Waals surface area contributed by atoms with E-state index in [-0.39, 0.29) is 11.4 Å². The molecule has 0 fully saturated rings. The van der Waals surface area contributed by atoms with Gasteiger partial charge in [-0.2, -0.15) is 13.2 Å². The van der Waals surface area contributed by atoms with Gasteiger partial charge in [0.05, 0.1) is 5.56 Å². The minimum Gasteiger partial charge on any atom is -0.373 e. The first kappa shape index (κ1) is 15.3. The lowest BCUT2D eigenvalue weighted by Gasteiger charge is -2.15. The summed E-state index contributed by atoms with van der Waals surface area (Å²) in [4.78, 5) is 8.49. The maximum atomic E-state index is 13.1. The van der Waals surface area contributed by atoms with E-state index >= 15 is 0 Å². The first-order chi connectivity index (χ1) is 9.88. The molecule has 112 valence electrons. The fourth-order valence-electron chi connectivity index (χ4n) is 2.27. The topological polar surface area (TPSA) is 37.8 Å². The largest absolute Gasteiger partial charge is 0.417 e. The molecule has 1 N–H and O–H groups in total. The van der Waals surface area contributed by atoms with Gasteiger partial charge in [-0.15, -0.1) is 0 Å². The van der Waals surface area contributed by atoms with Crippen LogP contribution in [0.4, 0.5) is 19.0 Å². The molecule has 1 aromatic carbocycles. The Hall–Kier alpha value is -2.11. The average molecular weight is 295 g/mol. The van der Waals surface area contributed by atoms with E-state index in [0.717, 1.165) is 11.6 Å². The van der Waals surface area contributed by atoms with Crippen molar-refractivity contribution in [3.8, 4) is 11.4 Å². The van der Waals surface area contributed by atoms with Crippen LogP contribution in [0, 0.1) is 6.92 Å². The number of aryl methyl sites for hydroxylation is 1. The van der Waals surface area contributed by atoms with E-state index < -0.39 is 11.7 Å². The Morgan fingerprint density at radius 1 is 1.14 bits per heavy atom. The second-order valence-electron chi connectivity index (χ2n) is 4.61. The Morgan fingerprint density at radius 2 is 1.81 bits per heavy atom. The maximum Gasteiger partial charge on any atom is 0.417 e. The van der Waals surface area contributed by atoms with Crippen LogP contribution in [0.25, 0.3) is 11.4 Å². The van der Waals surface area contributed by atoms with E-state index in [2.05, 4.69) is 15.3 Å². The summed E-state index contributed by atoms with van der Waals surface area (Å²) in [6.07, 6.45) is -3.72. The molecule has 2 aromatic rings. The van der Waals surface area contributed by atoms with Crippen LogP contribution in [-0.4, -0.2) is 17.0 Å². The zero-order valence-electron chi connectivity index (χ0n) is 12.0. The van der Waals surface area contributed by atoms with Crippen molar-refractivity contribution in [2.45, 2.75) is 26.4 Å². The van der Waals surface area contributed by atoms with Gasteiger partial charge in [0.1, 0.15) is 5.82 Å². The molecule has 0 spiro atoms. The summed E-state index contributed by atoms with van der Waals surface area (Å²) in [6.45, 7) is 3.73. The van der Waals surface area contributed by atoms with E-state index in [9.17, 15) is 13.2 Å². The highest BCUT2D eigenvalue weighted by Crippen LogP contribution is 2.36. The van der Waals surface area contributed by atoms with E-state index in [4.69, 9.17) is 0 Å². The van der Waals surface area contributed by atoms with Gasteiger partial charge >= 0.3 is 6.18 Å². The van der Waals surface area contributed by atoms with Crippen molar-refractivity contribution < 1.29 is 13.2 Å². The molecule has 0 bridgehead atoms. The van der Waals surface area contributed by atoms with Gasteiger partial charge in [-0.1, -0.05) is 25.1 Å². The molecule has 0 radical (unpaired) electrons. The second-order valence-corrected chi connectivity index (χ2v) is 4.61. The molecule has 0 saturated heterocycles. The summed E-state index contributed by atoms with van der Waals surface area (Å²) in [7, 11) is 1.69. The van der Waals surface area contributed by atoms with Gasteiger partial charge in [0.15, 0.2) is 5.82 Å². The maximum absolute atomic E-state index is 13.1. The van der Waals surface area contributed by atoms with Crippen LogP contribution < -0.4 is 5.32 Å². The number of benzene rings is 1. The van der Waals surface area contributed by atoms with Gasteiger partial charge in [-0.05, 0) is 19.4 Å². The van der Waals surface area contributed by atoms with Crippen molar-refractivity contribution in [2.24, 2.45) is 0 Å². The molecule has 21 heavy (non-hydrogen) atoms. The van der Waals surface area contributed by atoms with Crippen LogP contribution in [-0.2, 0) is 12.6 Å². The zero-order chi connectivity index (χ0) is 15.6. The number of nitrogens with one attached hydrogen (secondary N) is 1. The predicted molar refractivity (Wildman–Crippen MR) is 76.1 cm³/mol. The van der Waals surface area contributed by atoms with Gasteiger partial charge in [0.25, 0.3) is 0 Å². The van der Waals surface area contributed by atoms with Gasteiger partial charge < -0.3 is 5.32 Å². The predicted octanol–water partition coefficient (Wildman–Crippen LogP) is 4.07. The van der Waals surface area contributed by atoms with E-state index in [0.29, 0.717) is 17.9 Å². The molecule has 6 heteroatoms. The van der Waals surface area contributed by atoms with Crippen LogP contribution in [0.1, 0.15) is 23.7 Å². The van der Waals surface area contributed by atoms with Gasteiger partial charge in [0.2, 0.25) is 0 Å². The highest BCUT2D eigenvalue weighted by atomic mass is 19.4. The van der Waals surface area contributed by atoms with Gasteiger partial charge in [-0.3, -0.25) is 0 Å². The van der Waals surface area contributed by atoms with Crippen LogP contribution in [0.2, 0.25) is 0 Å². The second kappa shape index (κ2) is 5.71. The first-order valence-electron chi connectivity index (χ1n) is 6.60. The summed E-state index contributed by atoms with van der Waals surface area (Å²) >= 11 is 0. The molecular formula is C15H16F3N3. The average Bonchev–Trinajstić information content (AvgIpc) is 2.45. The Labute approximate surface area is 121 Å². The standard InChI is InChI=1S/C15H16F3N3/c1-4-10-9(2)20-14(21-13(10)19-3)11-7-5-6-8-12(11)15(16,17)18/h5-8H,4H2,1-3H3,(H,19,20,21). The van der Waals surface area contributed by atoms with Crippen LogP contribution in [0.15, 0.2) is 24.3 Å². The number of rotatable bonds is 3. The van der Waals surface area contributed by atoms with E-state index in [1.54, 1.807) is 20.0 Å². The van der Waals surface area contributed by atoms with Crippen molar-refractivity contribution in [2.75, 3.05) is 12.4 Å². The minimum atomic E-state index is -4.43. The third-order valence-electron chi connectivity index (χ3n) is 3.28. The molecule has 0 unspecified atom stereocenters. The molecule has 0 aliphatic heterocycles. The van der Waals surface area contributed by atoms with Gasteiger partial charge in [0, 0.05) is 23.9 Å². The summed E-state index contributed by atoms with van der Waals surface area (Å²) in [5.74, 6) is 0.652. The number of nitrogens with zero attached hydrogens (tertiary/aromatic N) is 2. The Kier molecular flexibility index (Phi) is 4.16. The number of hydrogen-bond donors (Lipinski definition) is 1. The summed E-state index contributed by atoms with van der Waals surface area (Å²) < 4.78 is 39.3. The van der Waals surface area contributed by atoms with Crippen LogP contribution >= 0.6 is 0 Å². The van der Waals surface area contributed by atoms with Gasteiger partial charge in [-0.25, -0.2) is 9.97 Å². The number of aromatic nitrogens is 2. The summed E-state index contributed by atoms with van der Waals surface area (Å²) in [5, 5.41) is 2.92. The number of alkyl halides is 3. The molecule has 0 saturated carbocycles. The lowest BCUT2D eigenvalue weighted by molar-refractivity contribution is -0.137. The Bertz CT molecular complexity index is 651. The monoisotopic (exact) mass is 295 g/mol. The lowest BCUT2D eigenvalue weighted by Crippen LogP contribution is -2.10. The third-order valence-corrected chi connectivity index (χ3v) is 3.28. The van der Waals surface area contributed by atoms with Crippen LogP contribution in [0.5, 0.6) is 0 Å². The first-order valence-corrected chi connectivity index (χ1v) is 6.60. The minimum absolute atomic E-state index is 0.00717. The number of halogens is 3. The Morgan fingerprint density at radius 3 is 2.38 bits per heavy atom. The molecule has 0 aliphatic carbocycles. The van der Waals surface area contributed by atoms with Crippen molar-refractivity contribution in [1.82, 2.24) is 9.97 Å². The molecular weight excluding hydrogens is 279 g/mol. The SMILES string of the molecule is CCc1c(C)nc(-c2ccccc2C(F)(F)F)nc1NC. The smallest absolute Gasteiger partial charge is 0.373 e. The van der Waals surface area contributed by atoms with Crippen LogP contribution in [0.3, 0.4) is 0 Å². The van der Waals surface area contributed by atoms with Crippen molar-refractivity contribution in [1.29, 1.82) is 0 Å². The fourth-order valence-corrected chi connectivity index (χ4v) is 2.27. The summed E-state index contributed by atoms with van der Waals surface area (Å²) in [5.41, 5.74) is 0.859. The van der Waals surface area contributed by atoms with Crippen molar-refractivity contribution in [3.63, 3.8) is 0 Å². The molecule has 0 amide bonds. The molecule has 2 rings (SSSR count). The highest BCUT2D eigenvalue weighted by Gasteiger charge is 2.34. The Balaban J connectivity index is 2.66. The van der Waals surface area contributed by atoms with Crippen molar-refractivity contribution in [3.05, 3.63) is 41.1 Å². The highest BCUT2D eigenvalue weighted by molar-refractivity contribution is 5.64. The zero-order valence-corrected chi connectivity index (χ0v) is 12.0. The normalized spacial score (nSPS) is 11.5. The van der Waals surface area contributed by atoms with E-state index in [1.807, 2.05) is 6.92 Å². The number of anilines is 1. The quantitative estimate of drug-likeness (QED) is 0.927. The lowest BCUT2D eigenvalue weighted by atomic mass is 10.1. The third kappa shape index (κ3) is 2.99. The fraction of sp³-hybridized carbons (Fsp3) is 0.333. The van der Waals surface area contributed by atoms with Crippen molar-refractivity contribution >= 4 is 5.82 Å². The molecule has 1 heterocycles. The molecule has 3 nitrogen and oxygen atoms in total. The summed E-state index contributed by atoms with van der Waals surface area (Å²) in [6, 6.07) is 5.35. The number of hydrogen-bond acceptors (Lipinski definition) is 3. The van der Waals surface area contributed by atoms with E-state index in [1.165, 1.54) is 12.1 Å². The molecule has 1 aromatic heterocycles.